The third-order valence-electron chi connectivity index (χ3n) is 3.36. The molecule has 0 saturated carbocycles. The maximum absolute atomic E-state index is 13.6. The van der Waals surface area contributed by atoms with Crippen LogP contribution in [0.25, 0.3) is 0 Å². The third kappa shape index (κ3) is 3.35. The van der Waals surface area contributed by atoms with Crippen LogP contribution < -0.4 is 5.32 Å². The molecule has 0 aliphatic heterocycles. The number of rotatable bonds is 4. The molecule has 0 aliphatic rings. The highest BCUT2D eigenvalue weighted by Crippen LogP contribution is 2.22. The van der Waals surface area contributed by atoms with Crippen molar-refractivity contribution in [3.05, 3.63) is 77.4 Å². The predicted molar refractivity (Wildman–Crippen MR) is 79.8 cm³/mol. The van der Waals surface area contributed by atoms with Crippen LogP contribution in [0.2, 0.25) is 0 Å². The molecule has 25 heavy (non-hydrogen) atoms. The molecule has 0 atom stereocenters. The lowest BCUT2D eigenvalue weighted by atomic mass is 10.2. The molecule has 128 valence electrons. The monoisotopic (exact) mass is 350 g/mol. The topological polar surface area (TPSA) is 59.8 Å². The summed E-state index contributed by atoms with van der Waals surface area (Å²) in [4.78, 5) is 14.7. The lowest BCUT2D eigenvalue weighted by Gasteiger charge is -2.10. The number of amides is 1. The van der Waals surface area contributed by atoms with E-state index >= 15 is 0 Å². The molecule has 5 nitrogen and oxygen atoms in total. The Morgan fingerprint density at radius 3 is 2.28 bits per heavy atom. The maximum atomic E-state index is 13.6. The second-order valence-electron chi connectivity index (χ2n) is 5.01. The van der Waals surface area contributed by atoms with Crippen molar-refractivity contribution >= 4 is 11.6 Å². The van der Waals surface area contributed by atoms with Gasteiger partial charge in [-0.05, 0) is 11.6 Å². The van der Waals surface area contributed by atoms with Gasteiger partial charge in [0.1, 0.15) is 11.4 Å². The fraction of sp³-hybridized carbons (Fsp3) is 0.0625. The molecule has 0 fully saturated rings. The Morgan fingerprint density at radius 2 is 1.64 bits per heavy atom. The molecule has 0 radical (unpaired) electrons. The number of aromatic nitrogens is 3. The van der Waals surface area contributed by atoms with E-state index in [1.165, 1.54) is 16.9 Å². The molecule has 3 rings (SSSR count). The van der Waals surface area contributed by atoms with Gasteiger partial charge in [0.05, 0.1) is 6.54 Å². The fourth-order valence-electron chi connectivity index (χ4n) is 2.18. The first-order valence-electron chi connectivity index (χ1n) is 7.04. The number of benzene rings is 1. The van der Waals surface area contributed by atoms with Crippen molar-refractivity contribution in [2.24, 2.45) is 0 Å². The number of carbonyl (C=O) groups excluding carboxylic acids is 1. The van der Waals surface area contributed by atoms with Gasteiger partial charge in [-0.3, -0.25) is 9.48 Å². The van der Waals surface area contributed by atoms with Crippen LogP contribution in [0.4, 0.5) is 23.2 Å². The molecule has 0 spiro atoms. The number of nitrogens with zero attached hydrogens (tertiary/aromatic N) is 3. The molecule has 9 heteroatoms. The Balaban J connectivity index is 1.88. The summed E-state index contributed by atoms with van der Waals surface area (Å²) >= 11 is 0. The van der Waals surface area contributed by atoms with E-state index in [-0.39, 0.29) is 12.2 Å². The highest BCUT2D eigenvalue weighted by atomic mass is 19.2. The van der Waals surface area contributed by atoms with Gasteiger partial charge in [0.2, 0.25) is 11.6 Å². The van der Waals surface area contributed by atoms with Gasteiger partial charge in [-0.15, -0.1) is 0 Å². The lowest BCUT2D eigenvalue weighted by molar-refractivity contribution is 0.101. The van der Waals surface area contributed by atoms with Crippen LogP contribution >= 0.6 is 0 Å². The zero-order chi connectivity index (χ0) is 18.0. The second-order valence-corrected chi connectivity index (χ2v) is 5.01. The minimum Gasteiger partial charge on any atom is -0.315 e. The summed E-state index contributed by atoms with van der Waals surface area (Å²) in [5.41, 5.74) is -0.457. The van der Waals surface area contributed by atoms with Crippen LogP contribution in [-0.2, 0) is 6.54 Å². The Hall–Kier alpha value is -3.23. The Labute approximate surface area is 138 Å². The molecule has 1 amide bonds. The van der Waals surface area contributed by atoms with E-state index in [0.717, 1.165) is 5.56 Å². The molecule has 2 heterocycles. The predicted octanol–water partition coefficient (Wildman–Crippen LogP) is 3.14. The fourth-order valence-corrected chi connectivity index (χ4v) is 2.18. The summed E-state index contributed by atoms with van der Waals surface area (Å²) in [6.45, 7) is 0.223. The van der Waals surface area contributed by atoms with Crippen molar-refractivity contribution in [1.82, 2.24) is 14.8 Å². The smallest absolute Gasteiger partial charge is 0.274 e. The van der Waals surface area contributed by atoms with Gasteiger partial charge in [-0.2, -0.15) is 27.6 Å². The zero-order valence-corrected chi connectivity index (χ0v) is 12.5. The molecular weight excluding hydrogens is 340 g/mol. The zero-order valence-electron chi connectivity index (χ0n) is 12.5. The molecular formula is C16H10F4N4O. The van der Waals surface area contributed by atoms with Crippen LogP contribution in [0.15, 0.2) is 42.6 Å². The molecule has 0 bridgehead atoms. The summed E-state index contributed by atoms with van der Waals surface area (Å²) in [6.07, 6.45) is 1.32. The van der Waals surface area contributed by atoms with E-state index in [2.05, 4.69) is 10.1 Å². The molecule has 1 N–H and O–H groups in total. The number of carbonyl (C=O) groups is 1. The van der Waals surface area contributed by atoms with E-state index < -0.39 is 35.1 Å². The van der Waals surface area contributed by atoms with Gasteiger partial charge in [-0.1, -0.05) is 30.3 Å². The van der Waals surface area contributed by atoms with E-state index in [1.807, 2.05) is 11.4 Å². The van der Waals surface area contributed by atoms with E-state index in [4.69, 9.17) is 0 Å². The molecule has 0 aliphatic carbocycles. The van der Waals surface area contributed by atoms with E-state index in [1.54, 1.807) is 24.3 Å². The number of anilines is 1. The standard InChI is InChI=1S/C16H10F4N4O/c17-11-13(12(18)15(20)23-14(11)19)22-16(25)10-6-7-21-24(10)8-9-4-2-1-3-5-9/h1-7H,8H2,(H,22,23,25). The van der Waals surface area contributed by atoms with E-state index in [0.29, 0.717) is 0 Å². The highest BCUT2D eigenvalue weighted by Gasteiger charge is 2.24. The van der Waals surface area contributed by atoms with Gasteiger partial charge < -0.3 is 5.32 Å². The van der Waals surface area contributed by atoms with Crippen molar-refractivity contribution in [2.45, 2.75) is 6.54 Å². The molecule has 2 aromatic heterocycles. The Bertz CT molecular complexity index is 901. The van der Waals surface area contributed by atoms with Crippen molar-refractivity contribution < 1.29 is 22.4 Å². The van der Waals surface area contributed by atoms with Gasteiger partial charge in [0, 0.05) is 6.20 Å². The van der Waals surface area contributed by atoms with Crippen molar-refractivity contribution in [2.75, 3.05) is 5.32 Å². The van der Waals surface area contributed by atoms with Crippen molar-refractivity contribution in [3.63, 3.8) is 0 Å². The Kier molecular flexibility index (Phi) is 4.46. The quantitative estimate of drug-likeness (QED) is 0.581. The number of hydrogen-bond acceptors (Lipinski definition) is 3. The minimum absolute atomic E-state index is 0.0414. The van der Waals surface area contributed by atoms with Gasteiger partial charge in [0.15, 0.2) is 0 Å². The molecule has 3 aromatic rings. The first-order chi connectivity index (χ1) is 12.0. The second kappa shape index (κ2) is 6.71. The summed E-state index contributed by atoms with van der Waals surface area (Å²) < 4.78 is 54.7. The van der Waals surface area contributed by atoms with Gasteiger partial charge in [0.25, 0.3) is 17.8 Å². The average Bonchev–Trinajstić information content (AvgIpc) is 3.06. The first kappa shape index (κ1) is 16.6. The van der Waals surface area contributed by atoms with Crippen LogP contribution in [0.3, 0.4) is 0 Å². The molecule has 1 aromatic carbocycles. The summed E-state index contributed by atoms with van der Waals surface area (Å²) in [6, 6.07) is 10.3. The normalized spacial score (nSPS) is 10.7. The van der Waals surface area contributed by atoms with Crippen LogP contribution in [-0.4, -0.2) is 20.7 Å². The van der Waals surface area contributed by atoms with Gasteiger partial charge in [-0.25, -0.2) is 0 Å². The van der Waals surface area contributed by atoms with Crippen LogP contribution in [0.1, 0.15) is 16.1 Å². The number of nitrogens with one attached hydrogen (secondary N) is 1. The summed E-state index contributed by atoms with van der Waals surface area (Å²) in [5, 5.41) is 5.78. The number of halogens is 4. The number of pyridine rings is 1. The summed E-state index contributed by atoms with van der Waals surface area (Å²) in [5.74, 6) is -8.27. The largest absolute Gasteiger partial charge is 0.315 e. The van der Waals surface area contributed by atoms with Gasteiger partial charge >= 0.3 is 0 Å². The first-order valence-corrected chi connectivity index (χ1v) is 7.04. The third-order valence-corrected chi connectivity index (χ3v) is 3.36. The highest BCUT2D eigenvalue weighted by molar-refractivity contribution is 6.03. The van der Waals surface area contributed by atoms with Crippen LogP contribution in [0, 0.1) is 23.5 Å². The lowest BCUT2D eigenvalue weighted by Crippen LogP contribution is -2.20. The molecule has 0 unspecified atom stereocenters. The maximum Gasteiger partial charge on any atom is 0.274 e. The SMILES string of the molecule is O=C(Nc1c(F)c(F)nc(F)c1F)c1ccnn1Cc1ccccc1. The minimum atomic E-state index is -1.85. The Morgan fingerprint density at radius 1 is 1.00 bits per heavy atom. The molecule has 0 saturated heterocycles. The van der Waals surface area contributed by atoms with E-state index in [9.17, 15) is 22.4 Å². The number of hydrogen-bond donors (Lipinski definition) is 1. The average molecular weight is 350 g/mol. The van der Waals surface area contributed by atoms with Crippen LogP contribution in [0.5, 0.6) is 0 Å². The van der Waals surface area contributed by atoms with Crippen molar-refractivity contribution in [1.29, 1.82) is 0 Å². The summed E-state index contributed by atoms with van der Waals surface area (Å²) in [7, 11) is 0. The van der Waals surface area contributed by atoms with Crippen molar-refractivity contribution in [3.8, 4) is 0 Å².